The SMILES string of the molecule is CCCc1cc(C(=O)N(C)Cc2cnn(C)c2)n[nH]1. The van der Waals surface area contributed by atoms with Crippen molar-refractivity contribution in [3.63, 3.8) is 0 Å². The monoisotopic (exact) mass is 261 g/mol. The number of hydrogen-bond donors (Lipinski definition) is 1. The summed E-state index contributed by atoms with van der Waals surface area (Å²) in [5.74, 6) is -0.0811. The van der Waals surface area contributed by atoms with Gasteiger partial charge in [0, 0.05) is 38.1 Å². The molecule has 2 aromatic heterocycles. The van der Waals surface area contributed by atoms with E-state index in [1.807, 2.05) is 19.3 Å². The van der Waals surface area contributed by atoms with Gasteiger partial charge in [0.1, 0.15) is 5.69 Å². The van der Waals surface area contributed by atoms with Gasteiger partial charge in [-0.15, -0.1) is 0 Å². The van der Waals surface area contributed by atoms with Crippen molar-refractivity contribution in [2.45, 2.75) is 26.3 Å². The Morgan fingerprint density at radius 1 is 1.53 bits per heavy atom. The molecule has 1 N–H and O–H groups in total. The van der Waals surface area contributed by atoms with Crippen molar-refractivity contribution in [1.82, 2.24) is 24.9 Å². The van der Waals surface area contributed by atoms with E-state index >= 15 is 0 Å². The van der Waals surface area contributed by atoms with Gasteiger partial charge in [0.2, 0.25) is 0 Å². The molecule has 102 valence electrons. The molecule has 1 amide bonds. The predicted octanol–water partition coefficient (Wildman–Crippen LogP) is 1.37. The number of aromatic nitrogens is 4. The topological polar surface area (TPSA) is 66.8 Å². The molecule has 0 spiro atoms. The van der Waals surface area contributed by atoms with Crippen molar-refractivity contribution < 1.29 is 4.79 Å². The van der Waals surface area contributed by atoms with E-state index in [1.165, 1.54) is 0 Å². The molecule has 0 radical (unpaired) electrons. The predicted molar refractivity (Wildman–Crippen MR) is 71.6 cm³/mol. The smallest absolute Gasteiger partial charge is 0.274 e. The molecule has 19 heavy (non-hydrogen) atoms. The number of hydrogen-bond acceptors (Lipinski definition) is 3. The van der Waals surface area contributed by atoms with E-state index in [9.17, 15) is 4.79 Å². The van der Waals surface area contributed by atoms with Gasteiger partial charge in [0.15, 0.2) is 0 Å². The van der Waals surface area contributed by atoms with Crippen LogP contribution in [0.3, 0.4) is 0 Å². The largest absolute Gasteiger partial charge is 0.336 e. The second-order valence-corrected chi connectivity index (χ2v) is 4.71. The zero-order valence-corrected chi connectivity index (χ0v) is 11.6. The minimum absolute atomic E-state index is 0.0811. The van der Waals surface area contributed by atoms with E-state index < -0.39 is 0 Å². The van der Waals surface area contributed by atoms with Crippen LogP contribution in [-0.4, -0.2) is 37.8 Å². The number of H-pyrrole nitrogens is 1. The van der Waals surface area contributed by atoms with Crippen LogP contribution in [0.2, 0.25) is 0 Å². The number of carbonyl (C=O) groups is 1. The number of carbonyl (C=O) groups excluding carboxylic acids is 1. The van der Waals surface area contributed by atoms with Gasteiger partial charge in [-0.05, 0) is 12.5 Å². The molecule has 2 heterocycles. The Balaban J connectivity index is 2.01. The van der Waals surface area contributed by atoms with Crippen LogP contribution in [0.15, 0.2) is 18.5 Å². The van der Waals surface area contributed by atoms with E-state index in [1.54, 1.807) is 22.8 Å². The second kappa shape index (κ2) is 5.69. The Bertz CT molecular complexity index is 557. The molecular weight excluding hydrogens is 242 g/mol. The molecular formula is C13H19N5O. The third kappa shape index (κ3) is 3.21. The van der Waals surface area contributed by atoms with Crippen LogP contribution in [-0.2, 0) is 20.0 Å². The fraction of sp³-hybridized carbons (Fsp3) is 0.462. The number of amides is 1. The normalized spacial score (nSPS) is 10.7. The summed E-state index contributed by atoms with van der Waals surface area (Å²) in [6.45, 7) is 2.62. The average Bonchev–Trinajstić information content (AvgIpc) is 2.98. The lowest BCUT2D eigenvalue weighted by Gasteiger charge is -2.14. The minimum Gasteiger partial charge on any atom is -0.336 e. The Labute approximate surface area is 112 Å². The third-order valence-electron chi connectivity index (χ3n) is 2.89. The van der Waals surface area contributed by atoms with Crippen LogP contribution in [0.4, 0.5) is 0 Å². The average molecular weight is 261 g/mol. The third-order valence-corrected chi connectivity index (χ3v) is 2.89. The molecule has 2 rings (SSSR count). The molecule has 0 bridgehead atoms. The van der Waals surface area contributed by atoms with Crippen molar-refractivity contribution in [3.05, 3.63) is 35.4 Å². The Morgan fingerprint density at radius 3 is 2.95 bits per heavy atom. The minimum atomic E-state index is -0.0811. The molecule has 6 heteroatoms. The van der Waals surface area contributed by atoms with E-state index in [2.05, 4.69) is 22.2 Å². The molecule has 0 saturated heterocycles. The standard InChI is InChI=1S/C13H19N5O/c1-4-5-11-6-12(16-15-11)13(19)17(2)8-10-7-14-18(3)9-10/h6-7,9H,4-5,8H2,1-3H3,(H,15,16). The first-order valence-corrected chi connectivity index (χ1v) is 6.37. The van der Waals surface area contributed by atoms with Gasteiger partial charge in [0.05, 0.1) is 6.20 Å². The van der Waals surface area contributed by atoms with E-state index in [0.29, 0.717) is 12.2 Å². The van der Waals surface area contributed by atoms with Gasteiger partial charge in [-0.25, -0.2) is 0 Å². The maximum atomic E-state index is 12.2. The van der Waals surface area contributed by atoms with Crippen molar-refractivity contribution in [2.24, 2.45) is 7.05 Å². The van der Waals surface area contributed by atoms with Crippen LogP contribution >= 0.6 is 0 Å². The first kappa shape index (κ1) is 13.3. The lowest BCUT2D eigenvalue weighted by atomic mass is 10.2. The molecule has 0 fully saturated rings. The molecule has 6 nitrogen and oxygen atoms in total. The number of rotatable bonds is 5. The van der Waals surface area contributed by atoms with Crippen molar-refractivity contribution >= 4 is 5.91 Å². The summed E-state index contributed by atoms with van der Waals surface area (Å²) >= 11 is 0. The fourth-order valence-electron chi connectivity index (χ4n) is 1.96. The van der Waals surface area contributed by atoms with Crippen LogP contribution in [0.25, 0.3) is 0 Å². The lowest BCUT2D eigenvalue weighted by Crippen LogP contribution is -2.26. The Kier molecular flexibility index (Phi) is 3.99. The summed E-state index contributed by atoms with van der Waals surface area (Å²) in [4.78, 5) is 13.8. The highest BCUT2D eigenvalue weighted by atomic mass is 16.2. The van der Waals surface area contributed by atoms with E-state index in [4.69, 9.17) is 0 Å². The first-order valence-electron chi connectivity index (χ1n) is 6.37. The van der Waals surface area contributed by atoms with Gasteiger partial charge < -0.3 is 4.90 Å². The summed E-state index contributed by atoms with van der Waals surface area (Å²) < 4.78 is 1.72. The molecule has 0 atom stereocenters. The second-order valence-electron chi connectivity index (χ2n) is 4.71. The first-order chi connectivity index (χ1) is 9.10. The van der Waals surface area contributed by atoms with Crippen LogP contribution in [0, 0.1) is 0 Å². The summed E-state index contributed by atoms with van der Waals surface area (Å²) in [6, 6.07) is 1.82. The van der Waals surface area contributed by atoms with Crippen molar-refractivity contribution in [1.29, 1.82) is 0 Å². The highest BCUT2D eigenvalue weighted by Crippen LogP contribution is 2.08. The molecule has 0 aliphatic heterocycles. The molecule has 0 aromatic carbocycles. The zero-order chi connectivity index (χ0) is 13.8. The summed E-state index contributed by atoms with van der Waals surface area (Å²) in [5.41, 5.74) is 2.47. The molecule has 0 unspecified atom stereocenters. The maximum Gasteiger partial charge on any atom is 0.274 e. The van der Waals surface area contributed by atoms with Gasteiger partial charge in [-0.2, -0.15) is 10.2 Å². The Morgan fingerprint density at radius 2 is 2.32 bits per heavy atom. The summed E-state index contributed by atoms with van der Waals surface area (Å²) in [6.07, 6.45) is 5.60. The Hall–Kier alpha value is -2.11. The van der Waals surface area contributed by atoms with Gasteiger partial charge in [-0.3, -0.25) is 14.6 Å². The van der Waals surface area contributed by atoms with E-state index in [-0.39, 0.29) is 5.91 Å². The molecule has 0 aliphatic carbocycles. The molecule has 0 aliphatic rings. The number of nitrogens with one attached hydrogen (secondary N) is 1. The molecule has 0 saturated carbocycles. The maximum absolute atomic E-state index is 12.2. The van der Waals surface area contributed by atoms with Crippen molar-refractivity contribution in [2.75, 3.05) is 7.05 Å². The fourth-order valence-corrected chi connectivity index (χ4v) is 1.96. The number of nitrogens with zero attached hydrogens (tertiary/aromatic N) is 4. The van der Waals surface area contributed by atoms with Crippen LogP contribution in [0.1, 0.15) is 35.1 Å². The van der Waals surface area contributed by atoms with Crippen LogP contribution < -0.4 is 0 Å². The quantitative estimate of drug-likeness (QED) is 0.884. The zero-order valence-electron chi connectivity index (χ0n) is 11.6. The van der Waals surface area contributed by atoms with Crippen LogP contribution in [0.5, 0.6) is 0 Å². The van der Waals surface area contributed by atoms with Crippen molar-refractivity contribution in [3.8, 4) is 0 Å². The summed E-state index contributed by atoms with van der Waals surface area (Å²) in [5, 5.41) is 11.0. The number of aromatic amines is 1. The number of aryl methyl sites for hydroxylation is 2. The molecule has 2 aromatic rings. The summed E-state index contributed by atoms with van der Waals surface area (Å²) in [7, 11) is 3.62. The highest BCUT2D eigenvalue weighted by Gasteiger charge is 2.15. The van der Waals surface area contributed by atoms with Gasteiger partial charge in [0.25, 0.3) is 5.91 Å². The van der Waals surface area contributed by atoms with Gasteiger partial charge in [-0.1, -0.05) is 13.3 Å². The van der Waals surface area contributed by atoms with Gasteiger partial charge >= 0.3 is 0 Å². The highest BCUT2D eigenvalue weighted by molar-refractivity contribution is 5.92. The van der Waals surface area contributed by atoms with E-state index in [0.717, 1.165) is 24.1 Å². The lowest BCUT2D eigenvalue weighted by molar-refractivity contribution is 0.0779.